The number of amides is 2. The molecule has 1 saturated heterocycles. The average molecular weight is 373 g/mol. The van der Waals surface area contributed by atoms with E-state index < -0.39 is 0 Å². The van der Waals surface area contributed by atoms with Crippen molar-refractivity contribution in [3.05, 3.63) is 29.8 Å². The van der Waals surface area contributed by atoms with Gasteiger partial charge in [-0.05, 0) is 55.7 Å². The van der Waals surface area contributed by atoms with Gasteiger partial charge in [0.05, 0.1) is 13.7 Å². The Morgan fingerprint density at radius 1 is 1.15 bits per heavy atom. The molecule has 1 saturated carbocycles. The first-order valence-electron chi connectivity index (χ1n) is 10.3. The van der Waals surface area contributed by atoms with E-state index in [9.17, 15) is 9.59 Å². The summed E-state index contributed by atoms with van der Waals surface area (Å²) in [6, 6.07) is 8.24. The second-order valence-electron chi connectivity index (χ2n) is 7.92. The van der Waals surface area contributed by atoms with Crippen molar-refractivity contribution in [2.24, 2.45) is 5.92 Å². The minimum absolute atomic E-state index is 0.0267. The minimum Gasteiger partial charge on any atom is -0.497 e. The van der Waals surface area contributed by atoms with Crippen LogP contribution in [0.5, 0.6) is 5.75 Å². The Morgan fingerprint density at radius 3 is 2.74 bits per heavy atom. The molecule has 2 fully saturated rings. The van der Waals surface area contributed by atoms with Crippen LogP contribution >= 0.6 is 0 Å². The first-order chi connectivity index (χ1) is 13.2. The molecule has 1 unspecified atom stereocenters. The molecule has 0 aromatic heterocycles. The summed E-state index contributed by atoms with van der Waals surface area (Å²) >= 11 is 0. The fourth-order valence-electron chi connectivity index (χ4n) is 4.45. The fourth-order valence-corrected chi connectivity index (χ4v) is 4.45. The summed E-state index contributed by atoms with van der Waals surface area (Å²) in [5, 5.41) is 2.86. The summed E-state index contributed by atoms with van der Waals surface area (Å²) in [4.78, 5) is 26.8. The van der Waals surface area contributed by atoms with Crippen LogP contribution in [0.4, 0.5) is 0 Å². The lowest BCUT2D eigenvalue weighted by Gasteiger charge is -2.25. The maximum atomic E-state index is 12.7. The smallest absolute Gasteiger partial charge is 0.242 e. The summed E-state index contributed by atoms with van der Waals surface area (Å²) in [6.07, 6.45) is 9.49. The lowest BCUT2D eigenvalue weighted by Crippen LogP contribution is -2.43. The second kappa shape index (κ2) is 9.77. The zero-order chi connectivity index (χ0) is 19.1. The molecular weight excluding hydrogens is 340 g/mol. The van der Waals surface area contributed by atoms with Gasteiger partial charge in [0.25, 0.3) is 0 Å². The van der Waals surface area contributed by atoms with Gasteiger partial charge in [-0.3, -0.25) is 9.59 Å². The van der Waals surface area contributed by atoms with Gasteiger partial charge in [-0.2, -0.15) is 0 Å². The summed E-state index contributed by atoms with van der Waals surface area (Å²) in [6.45, 7) is 0.909. The fraction of sp³-hybridized carbons (Fsp3) is 0.636. The highest BCUT2D eigenvalue weighted by molar-refractivity contribution is 5.85. The molecule has 1 atom stereocenters. The van der Waals surface area contributed by atoms with E-state index in [1.54, 1.807) is 7.11 Å². The number of hydrogen-bond donors (Lipinski definition) is 1. The molecule has 1 aromatic rings. The van der Waals surface area contributed by atoms with E-state index in [2.05, 4.69) is 11.4 Å². The quantitative estimate of drug-likeness (QED) is 0.799. The van der Waals surface area contributed by atoms with Crippen molar-refractivity contribution >= 4 is 11.8 Å². The van der Waals surface area contributed by atoms with Gasteiger partial charge in [-0.15, -0.1) is 0 Å². The van der Waals surface area contributed by atoms with Crippen LogP contribution in [0, 0.1) is 5.92 Å². The average Bonchev–Trinajstić information content (AvgIpc) is 3.15. The summed E-state index contributed by atoms with van der Waals surface area (Å²) < 4.78 is 5.29. The van der Waals surface area contributed by atoms with Crippen LogP contribution in [0.25, 0.3) is 0 Å². The number of nitrogens with one attached hydrogen (secondary N) is 1. The van der Waals surface area contributed by atoms with Gasteiger partial charge in [0, 0.05) is 19.0 Å². The summed E-state index contributed by atoms with van der Waals surface area (Å²) in [7, 11) is 1.67. The van der Waals surface area contributed by atoms with Crippen LogP contribution in [0.1, 0.15) is 56.9 Å². The Labute approximate surface area is 162 Å². The number of nitrogens with zero attached hydrogens (tertiary/aromatic N) is 1. The molecule has 0 bridgehead atoms. The van der Waals surface area contributed by atoms with E-state index in [0.717, 1.165) is 44.4 Å². The lowest BCUT2D eigenvalue weighted by molar-refractivity contribution is -0.133. The maximum absolute atomic E-state index is 12.7. The third-order valence-corrected chi connectivity index (χ3v) is 5.94. The second-order valence-corrected chi connectivity index (χ2v) is 7.92. The number of likely N-dealkylation sites (tertiary alicyclic amines) is 1. The van der Waals surface area contributed by atoms with Gasteiger partial charge in [-0.1, -0.05) is 31.4 Å². The number of rotatable bonds is 7. The Bertz CT molecular complexity index is 640. The molecule has 1 N–H and O–H groups in total. The molecule has 1 aromatic carbocycles. The largest absolute Gasteiger partial charge is 0.497 e. The van der Waals surface area contributed by atoms with Crippen molar-refractivity contribution in [3.63, 3.8) is 0 Å². The number of ether oxygens (including phenoxy) is 1. The van der Waals surface area contributed by atoms with Gasteiger partial charge >= 0.3 is 0 Å². The molecule has 5 nitrogen and oxygen atoms in total. The molecule has 0 radical (unpaired) electrons. The van der Waals surface area contributed by atoms with Crippen molar-refractivity contribution < 1.29 is 14.3 Å². The molecule has 27 heavy (non-hydrogen) atoms. The predicted octanol–water partition coefficient (Wildman–Crippen LogP) is 3.32. The molecule has 1 aliphatic heterocycles. The molecule has 3 rings (SSSR count). The van der Waals surface area contributed by atoms with Crippen molar-refractivity contribution in [2.45, 2.75) is 63.8 Å². The van der Waals surface area contributed by atoms with Gasteiger partial charge in [0.15, 0.2) is 0 Å². The molecule has 0 spiro atoms. The zero-order valence-corrected chi connectivity index (χ0v) is 16.4. The molecule has 1 heterocycles. The number of benzene rings is 1. The van der Waals surface area contributed by atoms with Gasteiger partial charge in [0.1, 0.15) is 5.75 Å². The SMILES string of the molecule is COc1cccc(CC2CCCN2C(=O)CNC(=O)CC2CCCCC2)c1. The van der Waals surface area contributed by atoms with Crippen molar-refractivity contribution in [1.82, 2.24) is 10.2 Å². The van der Waals surface area contributed by atoms with E-state index in [-0.39, 0.29) is 24.4 Å². The van der Waals surface area contributed by atoms with Crippen LogP contribution in [-0.2, 0) is 16.0 Å². The van der Waals surface area contributed by atoms with Crippen molar-refractivity contribution in [2.75, 3.05) is 20.2 Å². The Balaban J connectivity index is 1.47. The Morgan fingerprint density at radius 2 is 1.96 bits per heavy atom. The molecule has 148 valence electrons. The first-order valence-corrected chi connectivity index (χ1v) is 10.3. The van der Waals surface area contributed by atoms with Gasteiger partial charge in [-0.25, -0.2) is 0 Å². The number of carbonyl (C=O) groups excluding carboxylic acids is 2. The Kier molecular flexibility index (Phi) is 7.13. The monoisotopic (exact) mass is 372 g/mol. The van der Waals surface area contributed by atoms with E-state index in [1.165, 1.54) is 24.8 Å². The van der Waals surface area contributed by atoms with Crippen LogP contribution in [0.3, 0.4) is 0 Å². The van der Waals surface area contributed by atoms with E-state index in [4.69, 9.17) is 4.74 Å². The normalized spacial score (nSPS) is 20.5. The third-order valence-electron chi connectivity index (χ3n) is 5.94. The highest BCUT2D eigenvalue weighted by Crippen LogP contribution is 2.26. The van der Waals surface area contributed by atoms with E-state index in [0.29, 0.717) is 12.3 Å². The Hall–Kier alpha value is -2.04. The molecule has 2 aliphatic rings. The van der Waals surface area contributed by atoms with Gasteiger partial charge in [0.2, 0.25) is 11.8 Å². The highest BCUT2D eigenvalue weighted by Gasteiger charge is 2.29. The topological polar surface area (TPSA) is 58.6 Å². The lowest BCUT2D eigenvalue weighted by atomic mass is 9.87. The highest BCUT2D eigenvalue weighted by atomic mass is 16.5. The predicted molar refractivity (Wildman–Crippen MR) is 106 cm³/mol. The maximum Gasteiger partial charge on any atom is 0.242 e. The van der Waals surface area contributed by atoms with Crippen LogP contribution in [-0.4, -0.2) is 43.0 Å². The minimum atomic E-state index is 0.0267. The van der Waals surface area contributed by atoms with Crippen LogP contribution in [0.2, 0.25) is 0 Å². The van der Waals surface area contributed by atoms with Crippen LogP contribution < -0.4 is 10.1 Å². The molecule has 5 heteroatoms. The molecular formula is C22H32N2O3. The number of hydrogen-bond acceptors (Lipinski definition) is 3. The molecule has 1 aliphatic carbocycles. The standard InChI is InChI=1S/C22H32N2O3/c1-27-20-11-5-9-18(14-20)13-19-10-6-12-24(19)22(26)16-23-21(25)15-17-7-3-2-4-8-17/h5,9,11,14,17,19H,2-4,6-8,10,12-13,15-16H2,1H3,(H,23,25). The van der Waals surface area contributed by atoms with Gasteiger partial charge < -0.3 is 15.0 Å². The number of methoxy groups -OCH3 is 1. The molecule has 2 amide bonds. The third kappa shape index (κ3) is 5.72. The first kappa shape index (κ1) is 19.7. The number of carbonyl (C=O) groups is 2. The summed E-state index contributed by atoms with van der Waals surface area (Å²) in [5.74, 6) is 1.41. The zero-order valence-electron chi connectivity index (χ0n) is 16.4. The van der Waals surface area contributed by atoms with E-state index >= 15 is 0 Å². The van der Waals surface area contributed by atoms with Crippen LogP contribution in [0.15, 0.2) is 24.3 Å². The van der Waals surface area contributed by atoms with Crippen molar-refractivity contribution in [1.29, 1.82) is 0 Å². The summed E-state index contributed by atoms with van der Waals surface area (Å²) in [5.41, 5.74) is 1.18. The van der Waals surface area contributed by atoms with Crippen molar-refractivity contribution in [3.8, 4) is 5.75 Å². The van der Waals surface area contributed by atoms with E-state index in [1.807, 2.05) is 23.1 Å².